The third-order valence-corrected chi connectivity index (χ3v) is 4.12. The van der Waals surface area contributed by atoms with E-state index < -0.39 is 10.0 Å². The van der Waals surface area contributed by atoms with Crippen LogP contribution in [0.25, 0.3) is 11.1 Å². The van der Waals surface area contributed by atoms with Gasteiger partial charge in [-0.3, -0.25) is 0 Å². The molecular weight excluding hydrogens is 268 g/mol. The summed E-state index contributed by atoms with van der Waals surface area (Å²) >= 11 is 0. The van der Waals surface area contributed by atoms with Crippen molar-refractivity contribution >= 4 is 21.1 Å². The summed E-state index contributed by atoms with van der Waals surface area (Å²) in [6, 6.07) is 1.54. The molecule has 0 bridgehead atoms. The maximum atomic E-state index is 12.0. The number of hydrogen-bond acceptors (Lipinski definition) is 6. The first-order valence-corrected chi connectivity index (χ1v) is 7.45. The van der Waals surface area contributed by atoms with Gasteiger partial charge in [0.1, 0.15) is 4.90 Å². The van der Waals surface area contributed by atoms with E-state index in [9.17, 15) is 8.42 Å². The van der Waals surface area contributed by atoms with Crippen LogP contribution in [0.15, 0.2) is 21.7 Å². The highest BCUT2D eigenvalue weighted by molar-refractivity contribution is 7.89. The minimum atomic E-state index is -3.55. The summed E-state index contributed by atoms with van der Waals surface area (Å²) in [5.74, 6) is 0. The third kappa shape index (κ3) is 2.91. The lowest BCUT2D eigenvalue weighted by Crippen LogP contribution is -2.30. The predicted molar refractivity (Wildman–Crippen MR) is 70.3 cm³/mol. The van der Waals surface area contributed by atoms with Gasteiger partial charge in [-0.2, -0.15) is 0 Å². The number of hydrogen-bond donors (Lipinski definition) is 2. The summed E-state index contributed by atoms with van der Waals surface area (Å²) in [7, 11) is -1.79. The Morgan fingerprint density at radius 1 is 1.37 bits per heavy atom. The van der Waals surface area contributed by atoms with E-state index in [-0.39, 0.29) is 4.90 Å². The summed E-state index contributed by atoms with van der Waals surface area (Å²) in [6.07, 6.45) is 1.93. The fourth-order valence-corrected chi connectivity index (χ4v) is 2.66. The molecule has 8 heteroatoms. The topological polar surface area (TPSA) is 97.1 Å². The van der Waals surface area contributed by atoms with Gasteiger partial charge in [-0.1, -0.05) is 12.1 Å². The van der Waals surface area contributed by atoms with Gasteiger partial charge in [0.05, 0.1) is 17.3 Å². The van der Waals surface area contributed by atoms with Crippen molar-refractivity contribution in [2.24, 2.45) is 0 Å². The van der Waals surface area contributed by atoms with Crippen LogP contribution in [0.3, 0.4) is 0 Å². The molecule has 0 radical (unpaired) electrons. The van der Waals surface area contributed by atoms with Crippen molar-refractivity contribution in [2.75, 3.05) is 20.1 Å². The van der Waals surface area contributed by atoms with E-state index >= 15 is 0 Å². The van der Waals surface area contributed by atoms with Gasteiger partial charge < -0.3 is 9.84 Å². The van der Waals surface area contributed by atoms with Gasteiger partial charge in [-0.05, 0) is 19.5 Å². The number of sulfonamides is 1. The van der Waals surface area contributed by atoms with Gasteiger partial charge >= 0.3 is 0 Å². The molecule has 0 atom stereocenters. The van der Waals surface area contributed by atoms with E-state index in [4.69, 9.17) is 4.52 Å². The van der Waals surface area contributed by atoms with Gasteiger partial charge in [0, 0.05) is 13.1 Å². The number of likely N-dealkylation sites (N-methyl/N-ethyl adjacent to an activating group) is 1. The number of nitrogens with zero attached hydrogens (tertiary/aromatic N) is 2. The number of pyridine rings is 1. The van der Waals surface area contributed by atoms with Crippen LogP contribution in [0.1, 0.15) is 12.6 Å². The second-order valence-electron chi connectivity index (χ2n) is 4.01. The Morgan fingerprint density at radius 2 is 2.16 bits per heavy atom. The first kappa shape index (κ1) is 13.9. The van der Waals surface area contributed by atoms with Crippen molar-refractivity contribution in [1.29, 1.82) is 0 Å². The Morgan fingerprint density at radius 3 is 2.84 bits per heavy atom. The number of fused-ring (bicyclic) bond motifs is 1. The molecule has 0 fully saturated rings. The van der Waals surface area contributed by atoms with Crippen molar-refractivity contribution in [2.45, 2.75) is 18.2 Å². The number of rotatable bonds is 6. The van der Waals surface area contributed by atoms with Crippen LogP contribution in [0.2, 0.25) is 0 Å². The van der Waals surface area contributed by atoms with E-state index in [1.54, 1.807) is 13.1 Å². The second kappa shape index (κ2) is 5.64. The van der Waals surface area contributed by atoms with Crippen LogP contribution in [0.4, 0.5) is 0 Å². The molecule has 2 rings (SSSR count). The van der Waals surface area contributed by atoms with E-state index in [1.807, 2.05) is 6.92 Å². The molecule has 7 nitrogen and oxygen atoms in total. The Labute approximate surface area is 111 Å². The highest BCUT2D eigenvalue weighted by Crippen LogP contribution is 2.20. The molecule has 0 saturated heterocycles. The van der Waals surface area contributed by atoms with Gasteiger partial charge in [0.15, 0.2) is 0 Å². The number of nitrogens with one attached hydrogen (secondary N) is 2. The molecule has 2 heterocycles. The summed E-state index contributed by atoms with van der Waals surface area (Å²) in [6.45, 7) is 2.80. The van der Waals surface area contributed by atoms with Crippen molar-refractivity contribution < 1.29 is 12.9 Å². The molecule has 2 aromatic rings. The van der Waals surface area contributed by atoms with Crippen LogP contribution >= 0.6 is 0 Å². The van der Waals surface area contributed by atoms with Crippen LogP contribution < -0.4 is 10.0 Å². The lowest BCUT2D eigenvalue weighted by molar-refractivity contribution is 0.439. The number of aromatic nitrogens is 2. The zero-order valence-corrected chi connectivity index (χ0v) is 11.6. The van der Waals surface area contributed by atoms with Crippen molar-refractivity contribution in [3.63, 3.8) is 0 Å². The van der Waals surface area contributed by atoms with E-state index in [0.717, 1.165) is 0 Å². The highest BCUT2D eigenvalue weighted by atomic mass is 32.2. The van der Waals surface area contributed by atoms with E-state index in [0.29, 0.717) is 36.3 Å². The van der Waals surface area contributed by atoms with Crippen molar-refractivity contribution in [1.82, 2.24) is 20.2 Å². The Hall–Kier alpha value is -1.51. The van der Waals surface area contributed by atoms with Gasteiger partial charge in [0.2, 0.25) is 10.0 Å². The molecule has 0 aliphatic carbocycles. The minimum absolute atomic E-state index is 0.119. The normalized spacial score (nSPS) is 12.1. The smallest absolute Gasteiger partial charge is 0.258 e. The monoisotopic (exact) mass is 284 g/mol. The maximum Gasteiger partial charge on any atom is 0.258 e. The summed E-state index contributed by atoms with van der Waals surface area (Å²) in [5.41, 5.74) is 1.06. The SMILES string of the molecule is CCc1noc2ncc(S(=O)(=O)NCCNC)cc12. The lowest BCUT2D eigenvalue weighted by Gasteiger charge is -2.05. The predicted octanol–water partition coefficient (Wildman–Crippen LogP) is 0.283. The molecule has 19 heavy (non-hydrogen) atoms. The van der Waals surface area contributed by atoms with Crippen LogP contribution in [-0.4, -0.2) is 38.7 Å². The van der Waals surface area contributed by atoms with Gasteiger partial charge in [-0.25, -0.2) is 18.1 Å². The molecule has 0 aromatic carbocycles. The molecule has 104 valence electrons. The molecule has 0 spiro atoms. The van der Waals surface area contributed by atoms with Crippen LogP contribution in [0.5, 0.6) is 0 Å². The number of aryl methyl sites for hydroxylation is 1. The average Bonchev–Trinajstić information content (AvgIpc) is 2.81. The van der Waals surface area contributed by atoms with E-state index in [2.05, 4.69) is 20.2 Å². The van der Waals surface area contributed by atoms with Crippen molar-refractivity contribution in [3.8, 4) is 0 Å². The zero-order valence-electron chi connectivity index (χ0n) is 10.8. The highest BCUT2D eigenvalue weighted by Gasteiger charge is 2.17. The molecular formula is C11H16N4O3S. The first-order valence-electron chi connectivity index (χ1n) is 5.97. The molecule has 0 unspecified atom stereocenters. The van der Waals surface area contributed by atoms with Gasteiger partial charge in [-0.15, -0.1) is 0 Å². The van der Waals surface area contributed by atoms with E-state index in [1.165, 1.54) is 6.20 Å². The van der Waals surface area contributed by atoms with Crippen LogP contribution in [0, 0.1) is 0 Å². The third-order valence-electron chi connectivity index (χ3n) is 2.69. The molecule has 2 aromatic heterocycles. The molecule has 2 N–H and O–H groups in total. The minimum Gasteiger partial charge on any atom is -0.336 e. The van der Waals surface area contributed by atoms with Crippen LogP contribution in [-0.2, 0) is 16.4 Å². The zero-order chi connectivity index (χ0) is 13.9. The standard InChI is InChI=1S/C11H16N4O3S/c1-3-10-9-6-8(7-13-11(9)18-15-10)19(16,17)14-5-4-12-2/h6-7,12,14H,3-5H2,1-2H3. The Kier molecular flexibility index (Phi) is 4.13. The maximum absolute atomic E-state index is 12.0. The second-order valence-corrected chi connectivity index (χ2v) is 5.77. The molecule has 0 aliphatic rings. The fourth-order valence-electron chi connectivity index (χ4n) is 1.66. The summed E-state index contributed by atoms with van der Waals surface area (Å²) in [4.78, 5) is 4.10. The Balaban J connectivity index is 2.34. The summed E-state index contributed by atoms with van der Waals surface area (Å²) < 4.78 is 31.6. The first-order chi connectivity index (χ1) is 9.08. The molecule has 0 amide bonds. The quantitative estimate of drug-likeness (QED) is 0.740. The van der Waals surface area contributed by atoms with Crippen molar-refractivity contribution in [3.05, 3.63) is 18.0 Å². The lowest BCUT2D eigenvalue weighted by atomic mass is 10.2. The largest absolute Gasteiger partial charge is 0.336 e. The average molecular weight is 284 g/mol. The Bertz CT molecular complexity index is 666. The molecule has 0 aliphatic heterocycles. The fraction of sp³-hybridized carbons (Fsp3) is 0.455. The van der Waals surface area contributed by atoms with Gasteiger partial charge in [0.25, 0.3) is 5.71 Å². The summed E-state index contributed by atoms with van der Waals surface area (Å²) in [5, 5.41) is 7.36. The molecule has 0 saturated carbocycles.